The fourth-order valence-electron chi connectivity index (χ4n) is 3.69. The van der Waals surface area contributed by atoms with Crippen LogP contribution in [0.2, 0.25) is 0 Å². The Hall–Kier alpha value is -3.58. The SMILES string of the molecule is CCN(CC)c1ccc(NC(=O)CSc2nc3ccccc3c(=O)n2-c2ccccc2)cc1. The highest BCUT2D eigenvalue weighted by atomic mass is 32.2. The second-order valence-corrected chi connectivity index (χ2v) is 8.39. The molecule has 1 amide bonds. The lowest BCUT2D eigenvalue weighted by atomic mass is 10.2. The zero-order chi connectivity index (χ0) is 23.2. The minimum absolute atomic E-state index is 0.134. The van der Waals surface area contributed by atoms with Crippen LogP contribution in [0.4, 0.5) is 11.4 Å². The average Bonchev–Trinajstić information content (AvgIpc) is 2.85. The van der Waals surface area contributed by atoms with Crippen molar-refractivity contribution in [3.05, 3.63) is 89.2 Å². The average molecular weight is 459 g/mol. The van der Waals surface area contributed by atoms with Crippen molar-refractivity contribution < 1.29 is 4.79 Å². The molecule has 0 unspecified atom stereocenters. The summed E-state index contributed by atoms with van der Waals surface area (Å²) in [6.07, 6.45) is 0. The predicted octanol–water partition coefficient (Wildman–Crippen LogP) is 4.96. The lowest BCUT2D eigenvalue weighted by Gasteiger charge is -2.21. The van der Waals surface area contributed by atoms with Gasteiger partial charge >= 0.3 is 0 Å². The highest BCUT2D eigenvalue weighted by Gasteiger charge is 2.15. The van der Waals surface area contributed by atoms with Crippen LogP contribution in [0.1, 0.15) is 13.8 Å². The van der Waals surface area contributed by atoms with Gasteiger partial charge in [-0.1, -0.05) is 42.1 Å². The number of hydrogen-bond acceptors (Lipinski definition) is 5. The molecule has 0 aliphatic heterocycles. The third-order valence-electron chi connectivity index (χ3n) is 5.37. The lowest BCUT2D eigenvalue weighted by Crippen LogP contribution is -2.23. The molecular weight excluding hydrogens is 432 g/mol. The maximum Gasteiger partial charge on any atom is 0.266 e. The van der Waals surface area contributed by atoms with Gasteiger partial charge in [0, 0.05) is 24.5 Å². The summed E-state index contributed by atoms with van der Waals surface area (Å²) in [7, 11) is 0. The van der Waals surface area contributed by atoms with Gasteiger partial charge in [-0.3, -0.25) is 14.2 Å². The molecule has 1 aromatic heterocycles. The second-order valence-electron chi connectivity index (χ2n) is 7.44. The minimum atomic E-state index is -0.155. The van der Waals surface area contributed by atoms with Crippen molar-refractivity contribution in [2.45, 2.75) is 19.0 Å². The highest BCUT2D eigenvalue weighted by molar-refractivity contribution is 7.99. The third kappa shape index (κ3) is 5.09. The molecule has 4 rings (SSSR count). The van der Waals surface area contributed by atoms with Crippen molar-refractivity contribution in [1.29, 1.82) is 0 Å². The number of benzene rings is 3. The van der Waals surface area contributed by atoms with Crippen molar-refractivity contribution in [3.8, 4) is 5.69 Å². The van der Waals surface area contributed by atoms with E-state index in [4.69, 9.17) is 0 Å². The number of nitrogens with zero attached hydrogens (tertiary/aromatic N) is 3. The van der Waals surface area contributed by atoms with Gasteiger partial charge in [-0.2, -0.15) is 0 Å². The summed E-state index contributed by atoms with van der Waals surface area (Å²) in [5.41, 5.74) is 3.05. The number of fused-ring (bicyclic) bond motifs is 1. The van der Waals surface area contributed by atoms with E-state index in [1.165, 1.54) is 11.8 Å². The molecule has 6 nitrogen and oxygen atoms in total. The van der Waals surface area contributed by atoms with Crippen molar-refractivity contribution in [3.63, 3.8) is 0 Å². The Morgan fingerprint density at radius 1 is 0.939 bits per heavy atom. The molecule has 1 N–H and O–H groups in total. The largest absolute Gasteiger partial charge is 0.372 e. The minimum Gasteiger partial charge on any atom is -0.372 e. The van der Waals surface area contributed by atoms with Gasteiger partial charge < -0.3 is 10.2 Å². The Morgan fingerprint density at radius 2 is 1.61 bits per heavy atom. The molecule has 1 heterocycles. The van der Waals surface area contributed by atoms with E-state index in [9.17, 15) is 9.59 Å². The maximum atomic E-state index is 13.2. The molecule has 0 spiro atoms. The Bertz CT molecular complexity index is 1300. The number of amides is 1. The number of carbonyl (C=O) groups is 1. The van der Waals surface area contributed by atoms with Gasteiger partial charge in [0.1, 0.15) is 0 Å². The first-order valence-electron chi connectivity index (χ1n) is 11.0. The van der Waals surface area contributed by atoms with Gasteiger partial charge in [-0.15, -0.1) is 0 Å². The number of anilines is 2. The standard InChI is InChI=1S/C26H26N4O2S/c1-3-29(4-2)20-16-14-19(15-17-20)27-24(31)18-33-26-28-23-13-9-8-12-22(23)25(32)30(26)21-10-6-5-7-11-21/h5-17H,3-4,18H2,1-2H3,(H,27,31). The number of thioether (sulfide) groups is 1. The van der Waals surface area contributed by atoms with E-state index in [1.807, 2.05) is 72.8 Å². The first-order chi connectivity index (χ1) is 16.1. The van der Waals surface area contributed by atoms with Gasteiger partial charge in [-0.05, 0) is 62.4 Å². The quantitative estimate of drug-likeness (QED) is 0.299. The van der Waals surface area contributed by atoms with Crippen LogP contribution in [-0.4, -0.2) is 34.3 Å². The molecule has 0 radical (unpaired) electrons. The molecule has 0 aliphatic carbocycles. The zero-order valence-electron chi connectivity index (χ0n) is 18.7. The highest BCUT2D eigenvalue weighted by Crippen LogP contribution is 2.22. The molecule has 4 aromatic rings. The van der Waals surface area contributed by atoms with Crippen molar-refractivity contribution in [2.24, 2.45) is 0 Å². The molecule has 0 bridgehead atoms. The molecule has 0 fully saturated rings. The van der Waals surface area contributed by atoms with Crippen LogP contribution in [0.3, 0.4) is 0 Å². The molecule has 0 saturated heterocycles. The van der Waals surface area contributed by atoms with Crippen molar-refractivity contribution in [2.75, 3.05) is 29.1 Å². The first-order valence-corrected chi connectivity index (χ1v) is 11.9. The Labute approximate surface area is 197 Å². The summed E-state index contributed by atoms with van der Waals surface area (Å²) >= 11 is 1.25. The van der Waals surface area contributed by atoms with Gasteiger partial charge in [0.15, 0.2) is 5.16 Å². The Kier molecular flexibility index (Phi) is 7.10. The summed E-state index contributed by atoms with van der Waals surface area (Å²) in [6.45, 7) is 6.10. The molecule has 0 aliphatic rings. The van der Waals surface area contributed by atoms with Gasteiger partial charge in [0.2, 0.25) is 5.91 Å². The molecule has 7 heteroatoms. The van der Waals surface area contributed by atoms with Crippen LogP contribution in [0, 0.1) is 0 Å². The van der Waals surface area contributed by atoms with Crippen molar-refractivity contribution in [1.82, 2.24) is 9.55 Å². The summed E-state index contributed by atoms with van der Waals surface area (Å²) < 4.78 is 1.57. The van der Waals surface area contributed by atoms with Crippen LogP contribution in [0.25, 0.3) is 16.6 Å². The fraction of sp³-hybridized carbons (Fsp3) is 0.192. The Morgan fingerprint density at radius 3 is 2.30 bits per heavy atom. The second kappa shape index (κ2) is 10.4. The summed E-state index contributed by atoms with van der Waals surface area (Å²) in [5, 5.41) is 3.96. The number of carbonyl (C=O) groups excluding carboxylic acids is 1. The smallest absolute Gasteiger partial charge is 0.266 e. The van der Waals surface area contributed by atoms with Crippen LogP contribution >= 0.6 is 11.8 Å². The van der Waals surface area contributed by atoms with Crippen LogP contribution < -0.4 is 15.8 Å². The van der Waals surface area contributed by atoms with Crippen LogP contribution in [-0.2, 0) is 4.79 Å². The fourth-order valence-corrected chi connectivity index (χ4v) is 4.50. The van der Waals surface area contributed by atoms with E-state index in [0.29, 0.717) is 16.1 Å². The van der Waals surface area contributed by atoms with Crippen molar-refractivity contribution >= 4 is 39.9 Å². The summed E-state index contributed by atoms with van der Waals surface area (Å²) in [5.74, 6) is -0.0207. The first kappa shape index (κ1) is 22.6. The van der Waals surface area contributed by atoms with Gasteiger partial charge in [0.25, 0.3) is 5.56 Å². The maximum absolute atomic E-state index is 13.2. The molecule has 168 valence electrons. The molecule has 0 atom stereocenters. The molecular formula is C26H26N4O2S. The molecule has 3 aromatic carbocycles. The zero-order valence-corrected chi connectivity index (χ0v) is 19.5. The summed E-state index contributed by atoms with van der Waals surface area (Å²) in [4.78, 5) is 32.8. The predicted molar refractivity (Wildman–Crippen MR) is 137 cm³/mol. The van der Waals surface area contributed by atoms with Crippen LogP contribution in [0.5, 0.6) is 0 Å². The monoisotopic (exact) mass is 458 g/mol. The number of para-hydroxylation sites is 2. The van der Waals surface area contributed by atoms with E-state index in [-0.39, 0.29) is 17.2 Å². The van der Waals surface area contributed by atoms with E-state index >= 15 is 0 Å². The Balaban J connectivity index is 1.54. The lowest BCUT2D eigenvalue weighted by molar-refractivity contribution is -0.113. The van der Waals surface area contributed by atoms with E-state index < -0.39 is 0 Å². The third-order valence-corrected chi connectivity index (χ3v) is 6.31. The van der Waals surface area contributed by atoms with E-state index in [2.05, 4.69) is 29.0 Å². The number of nitrogens with one attached hydrogen (secondary N) is 1. The number of aromatic nitrogens is 2. The topological polar surface area (TPSA) is 67.2 Å². The molecule has 33 heavy (non-hydrogen) atoms. The van der Waals surface area contributed by atoms with Crippen LogP contribution in [0.15, 0.2) is 88.8 Å². The number of hydrogen-bond donors (Lipinski definition) is 1. The van der Waals surface area contributed by atoms with Gasteiger partial charge in [-0.25, -0.2) is 4.98 Å². The normalized spacial score (nSPS) is 10.8. The molecule has 0 saturated carbocycles. The van der Waals surface area contributed by atoms with E-state index in [1.54, 1.807) is 10.6 Å². The number of rotatable bonds is 8. The summed E-state index contributed by atoms with van der Waals surface area (Å²) in [6, 6.07) is 24.5. The van der Waals surface area contributed by atoms with Gasteiger partial charge in [0.05, 0.1) is 22.3 Å². The van der Waals surface area contributed by atoms with E-state index in [0.717, 1.165) is 30.2 Å².